The van der Waals surface area contributed by atoms with Gasteiger partial charge in [-0.25, -0.2) is 4.98 Å². The fourth-order valence-electron chi connectivity index (χ4n) is 2.12. The number of benzene rings is 1. The molecule has 2 rings (SSSR count). The van der Waals surface area contributed by atoms with Crippen molar-refractivity contribution in [3.8, 4) is 0 Å². The molecule has 0 aliphatic carbocycles. The van der Waals surface area contributed by atoms with Gasteiger partial charge >= 0.3 is 0 Å². The number of nitro benzene ring substituents is 1. The molecule has 0 saturated heterocycles. The molecule has 1 aromatic heterocycles. The highest BCUT2D eigenvalue weighted by Crippen LogP contribution is 2.20. The van der Waals surface area contributed by atoms with Crippen molar-refractivity contribution in [1.29, 1.82) is 0 Å². The first-order valence-corrected chi connectivity index (χ1v) is 6.50. The lowest BCUT2D eigenvalue weighted by Crippen LogP contribution is -2.29. The van der Waals surface area contributed by atoms with E-state index in [-0.39, 0.29) is 16.7 Å². The van der Waals surface area contributed by atoms with E-state index in [9.17, 15) is 10.1 Å². The molecular formula is C14H18N4O2. The van der Waals surface area contributed by atoms with E-state index in [1.54, 1.807) is 25.5 Å². The van der Waals surface area contributed by atoms with E-state index in [0.717, 1.165) is 17.7 Å². The summed E-state index contributed by atoms with van der Waals surface area (Å²) in [7, 11) is 0. The fraction of sp³-hybridized carbons (Fsp3) is 0.357. The highest BCUT2D eigenvalue weighted by atomic mass is 16.6. The minimum Gasteiger partial charge on any atom is -0.336 e. The predicted molar refractivity (Wildman–Crippen MR) is 76.4 cm³/mol. The van der Waals surface area contributed by atoms with Crippen LogP contribution in [0, 0.1) is 17.0 Å². The summed E-state index contributed by atoms with van der Waals surface area (Å²) in [6, 6.07) is 5.43. The maximum Gasteiger partial charge on any atom is 0.272 e. The van der Waals surface area contributed by atoms with Gasteiger partial charge in [-0.05, 0) is 19.4 Å². The number of rotatable bonds is 6. The third-order valence-electron chi connectivity index (χ3n) is 3.30. The Morgan fingerprint density at radius 1 is 1.50 bits per heavy atom. The monoisotopic (exact) mass is 274 g/mol. The molecule has 1 N–H and O–H groups in total. The van der Waals surface area contributed by atoms with E-state index in [0.29, 0.717) is 6.54 Å². The normalized spacial score (nSPS) is 12.3. The molecule has 0 spiro atoms. The van der Waals surface area contributed by atoms with Crippen LogP contribution in [0.3, 0.4) is 0 Å². The van der Waals surface area contributed by atoms with E-state index < -0.39 is 0 Å². The average molecular weight is 274 g/mol. The largest absolute Gasteiger partial charge is 0.336 e. The standard InChI is InChI=1S/C14H18N4O2/c1-11(9-17-7-6-15-10-17)16-8-13-4-3-5-14(12(13)2)18(19)20/h3-7,10-11,16H,8-9H2,1-2H3. The van der Waals surface area contributed by atoms with Crippen LogP contribution < -0.4 is 5.32 Å². The first-order valence-electron chi connectivity index (χ1n) is 6.50. The van der Waals surface area contributed by atoms with Gasteiger partial charge in [0.1, 0.15) is 0 Å². The summed E-state index contributed by atoms with van der Waals surface area (Å²) in [4.78, 5) is 14.6. The number of aromatic nitrogens is 2. The zero-order chi connectivity index (χ0) is 14.5. The number of nitro groups is 1. The number of hydrogen-bond acceptors (Lipinski definition) is 4. The minimum atomic E-state index is -0.340. The molecule has 1 heterocycles. The summed E-state index contributed by atoms with van der Waals surface area (Å²) in [6.07, 6.45) is 5.44. The summed E-state index contributed by atoms with van der Waals surface area (Å²) in [5.74, 6) is 0. The maximum absolute atomic E-state index is 10.9. The zero-order valence-corrected chi connectivity index (χ0v) is 11.6. The molecule has 0 amide bonds. The molecule has 6 nitrogen and oxygen atoms in total. The Morgan fingerprint density at radius 2 is 2.30 bits per heavy atom. The SMILES string of the molecule is Cc1c(CNC(C)Cn2ccnc2)cccc1[N+](=O)[O-]. The third-order valence-corrected chi connectivity index (χ3v) is 3.30. The van der Waals surface area contributed by atoms with Crippen LogP contribution in [0.15, 0.2) is 36.9 Å². The molecule has 0 bridgehead atoms. The predicted octanol–water partition coefficient (Wildman–Crippen LogP) is 2.28. The van der Waals surface area contributed by atoms with E-state index in [1.807, 2.05) is 16.8 Å². The second-order valence-electron chi connectivity index (χ2n) is 4.86. The van der Waals surface area contributed by atoms with Gasteiger partial charge in [-0.3, -0.25) is 10.1 Å². The Hall–Kier alpha value is -2.21. The van der Waals surface area contributed by atoms with Crippen molar-refractivity contribution >= 4 is 5.69 Å². The Morgan fingerprint density at radius 3 is 2.95 bits per heavy atom. The summed E-state index contributed by atoms with van der Waals surface area (Å²) in [5.41, 5.74) is 1.85. The topological polar surface area (TPSA) is 73.0 Å². The molecule has 0 fully saturated rings. The molecular weight excluding hydrogens is 256 g/mol. The minimum absolute atomic E-state index is 0.173. The van der Waals surface area contributed by atoms with Crippen LogP contribution in [-0.4, -0.2) is 20.5 Å². The first-order chi connectivity index (χ1) is 9.58. The highest BCUT2D eigenvalue weighted by Gasteiger charge is 2.13. The highest BCUT2D eigenvalue weighted by molar-refractivity contribution is 5.44. The summed E-state index contributed by atoms with van der Waals surface area (Å²) in [6.45, 7) is 5.29. The second kappa shape index (κ2) is 6.29. The molecule has 106 valence electrons. The van der Waals surface area contributed by atoms with Crippen LogP contribution in [0.5, 0.6) is 0 Å². The second-order valence-corrected chi connectivity index (χ2v) is 4.86. The molecule has 2 aromatic rings. The van der Waals surface area contributed by atoms with Gasteiger partial charge in [0.05, 0.1) is 11.3 Å². The molecule has 1 aromatic carbocycles. The van der Waals surface area contributed by atoms with Crippen molar-refractivity contribution in [2.75, 3.05) is 0 Å². The lowest BCUT2D eigenvalue weighted by molar-refractivity contribution is -0.385. The van der Waals surface area contributed by atoms with Crippen molar-refractivity contribution in [3.63, 3.8) is 0 Å². The molecule has 1 unspecified atom stereocenters. The Kier molecular flexibility index (Phi) is 4.47. The van der Waals surface area contributed by atoms with Gasteiger partial charge in [-0.1, -0.05) is 12.1 Å². The number of nitrogens with zero attached hydrogens (tertiary/aromatic N) is 3. The molecule has 0 radical (unpaired) electrons. The van der Waals surface area contributed by atoms with E-state index in [2.05, 4.69) is 17.2 Å². The summed E-state index contributed by atoms with van der Waals surface area (Å²) >= 11 is 0. The van der Waals surface area contributed by atoms with Crippen molar-refractivity contribution in [2.24, 2.45) is 0 Å². The maximum atomic E-state index is 10.9. The van der Waals surface area contributed by atoms with Crippen molar-refractivity contribution in [2.45, 2.75) is 33.0 Å². The summed E-state index contributed by atoms with van der Waals surface area (Å²) in [5, 5.41) is 14.3. The van der Waals surface area contributed by atoms with Gasteiger partial charge in [0.25, 0.3) is 5.69 Å². The number of hydrogen-bond donors (Lipinski definition) is 1. The Labute approximate surface area is 117 Å². The van der Waals surface area contributed by atoms with Crippen LogP contribution in [0.4, 0.5) is 5.69 Å². The summed E-state index contributed by atoms with van der Waals surface area (Å²) < 4.78 is 2.00. The van der Waals surface area contributed by atoms with E-state index >= 15 is 0 Å². The van der Waals surface area contributed by atoms with Gasteiger partial charge in [-0.15, -0.1) is 0 Å². The van der Waals surface area contributed by atoms with Gasteiger partial charge in [0.2, 0.25) is 0 Å². The molecule has 0 aliphatic heterocycles. The molecule has 0 saturated carbocycles. The number of nitrogens with one attached hydrogen (secondary N) is 1. The zero-order valence-electron chi connectivity index (χ0n) is 11.6. The fourth-order valence-corrected chi connectivity index (χ4v) is 2.12. The quantitative estimate of drug-likeness (QED) is 0.648. The van der Waals surface area contributed by atoms with Crippen molar-refractivity contribution < 1.29 is 4.92 Å². The van der Waals surface area contributed by atoms with E-state index in [1.165, 1.54) is 6.07 Å². The van der Waals surface area contributed by atoms with E-state index in [4.69, 9.17) is 0 Å². The lowest BCUT2D eigenvalue weighted by atomic mass is 10.1. The van der Waals surface area contributed by atoms with Crippen LogP contribution in [-0.2, 0) is 13.1 Å². The van der Waals surface area contributed by atoms with Crippen molar-refractivity contribution in [3.05, 3.63) is 58.2 Å². The van der Waals surface area contributed by atoms with Crippen LogP contribution in [0.2, 0.25) is 0 Å². The molecule has 20 heavy (non-hydrogen) atoms. The molecule has 0 aliphatic rings. The van der Waals surface area contributed by atoms with Crippen LogP contribution in [0.25, 0.3) is 0 Å². The van der Waals surface area contributed by atoms with Crippen molar-refractivity contribution in [1.82, 2.24) is 14.9 Å². The first kappa shape index (κ1) is 14.2. The van der Waals surface area contributed by atoms with Crippen LogP contribution in [0.1, 0.15) is 18.1 Å². The van der Waals surface area contributed by atoms with Gasteiger partial charge < -0.3 is 9.88 Å². The van der Waals surface area contributed by atoms with Gasteiger partial charge in [-0.2, -0.15) is 0 Å². The number of imidazole rings is 1. The van der Waals surface area contributed by atoms with Gasteiger partial charge in [0, 0.05) is 43.2 Å². The molecule has 1 atom stereocenters. The Balaban J connectivity index is 1.97. The smallest absolute Gasteiger partial charge is 0.272 e. The van der Waals surface area contributed by atoms with Crippen LogP contribution >= 0.6 is 0 Å². The Bertz CT molecular complexity index is 581. The lowest BCUT2D eigenvalue weighted by Gasteiger charge is -2.15. The average Bonchev–Trinajstić information content (AvgIpc) is 2.90. The molecule has 6 heteroatoms. The van der Waals surface area contributed by atoms with Gasteiger partial charge in [0.15, 0.2) is 0 Å². The third kappa shape index (κ3) is 3.42.